The maximum Gasteiger partial charge on any atom is 0.329 e. The number of carbonyl (C=O) groups is 3. The van der Waals surface area contributed by atoms with Crippen LogP contribution in [0.15, 0.2) is 121 Å². The molecule has 2 saturated heterocycles. The number of hydrogen-bond acceptors (Lipinski definition) is 3. The molecule has 0 saturated carbocycles. The topological polar surface area (TPSA) is 84.4 Å². The Morgan fingerprint density at radius 3 is 1.37 bits per heavy atom. The first-order chi connectivity index (χ1) is 20.0. The number of nitrogens with zero attached hydrogens (tertiary/aromatic N) is 4. The molecule has 0 aliphatic carbocycles. The van der Waals surface area contributed by atoms with E-state index in [9.17, 15) is 19.5 Å². The van der Waals surface area contributed by atoms with Crippen LogP contribution >= 0.6 is 0 Å². The van der Waals surface area contributed by atoms with Gasteiger partial charge < -0.3 is 14.9 Å². The summed E-state index contributed by atoms with van der Waals surface area (Å²) in [7, 11) is 0. The highest BCUT2D eigenvalue weighted by Gasteiger charge is 2.54. The van der Waals surface area contributed by atoms with Gasteiger partial charge in [0.05, 0.1) is 34.8 Å². The summed E-state index contributed by atoms with van der Waals surface area (Å²) >= 11 is 0. The minimum absolute atomic E-state index is 0.117. The van der Waals surface area contributed by atoms with Gasteiger partial charge in [-0.25, -0.2) is 14.4 Å². The average Bonchev–Trinajstić information content (AvgIpc) is 3.31. The highest BCUT2D eigenvalue weighted by Crippen LogP contribution is 2.39. The number of likely N-dealkylation sites (tertiary alicyclic amines) is 1. The van der Waals surface area contributed by atoms with Crippen molar-refractivity contribution in [1.29, 1.82) is 0 Å². The standard InChI is InChI=1S/C33H30N4O4/c38-31(39)30-29-22-21-28(37(29)33(41)36(26-17-9-3-10-18-26)27-19-11-4-12-20-27)23-34(30)32(40)35(24-13-5-1-6-14-24)25-15-7-2-8-16-25/h1-20,28-30H,21-23H2,(H,38,39)/t28-,29-,30-/m0/s1. The summed E-state index contributed by atoms with van der Waals surface area (Å²) in [5, 5.41) is 10.5. The van der Waals surface area contributed by atoms with Crippen LogP contribution in [0.25, 0.3) is 0 Å². The first-order valence-electron chi connectivity index (χ1n) is 13.7. The third-order valence-electron chi connectivity index (χ3n) is 7.81. The van der Waals surface area contributed by atoms with Crippen LogP contribution in [0.1, 0.15) is 12.8 Å². The number of amides is 4. The Balaban J connectivity index is 1.36. The van der Waals surface area contributed by atoms with E-state index in [0.29, 0.717) is 35.6 Å². The molecular weight excluding hydrogens is 516 g/mol. The predicted molar refractivity (Wildman–Crippen MR) is 158 cm³/mol. The highest BCUT2D eigenvalue weighted by atomic mass is 16.4. The fraction of sp³-hybridized carbons (Fsp3) is 0.182. The molecule has 1 N–H and O–H groups in total. The second-order valence-electron chi connectivity index (χ2n) is 10.2. The van der Waals surface area contributed by atoms with E-state index in [2.05, 4.69) is 0 Å². The van der Waals surface area contributed by atoms with Crippen molar-refractivity contribution in [3.8, 4) is 0 Å². The van der Waals surface area contributed by atoms with Gasteiger partial charge in [-0.15, -0.1) is 0 Å². The van der Waals surface area contributed by atoms with Gasteiger partial charge in [-0.3, -0.25) is 9.80 Å². The van der Waals surface area contributed by atoms with Gasteiger partial charge in [0.1, 0.15) is 0 Å². The molecule has 0 radical (unpaired) electrons. The maximum atomic E-state index is 14.3. The van der Waals surface area contributed by atoms with Gasteiger partial charge in [-0.1, -0.05) is 72.8 Å². The smallest absolute Gasteiger partial charge is 0.329 e. The Morgan fingerprint density at radius 1 is 0.585 bits per heavy atom. The molecule has 2 aliphatic heterocycles. The van der Waals surface area contributed by atoms with Crippen LogP contribution in [0.4, 0.5) is 32.3 Å². The molecule has 2 heterocycles. The Bertz CT molecular complexity index is 1440. The van der Waals surface area contributed by atoms with Gasteiger partial charge in [0.2, 0.25) is 0 Å². The second kappa shape index (κ2) is 11.2. The molecule has 0 aromatic heterocycles. The molecule has 206 valence electrons. The second-order valence-corrected chi connectivity index (χ2v) is 10.2. The molecule has 4 amide bonds. The molecule has 3 atom stereocenters. The zero-order valence-electron chi connectivity index (χ0n) is 22.4. The molecule has 2 aliphatic rings. The van der Waals surface area contributed by atoms with E-state index in [4.69, 9.17) is 0 Å². The van der Waals surface area contributed by atoms with Crippen LogP contribution in [-0.4, -0.2) is 57.6 Å². The van der Waals surface area contributed by atoms with Crippen LogP contribution in [0, 0.1) is 0 Å². The number of hydrogen-bond donors (Lipinski definition) is 1. The number of urea groups is 2. The first kappa shape index (κ1) is 26.1. The molecule has 2 bridgehead atoms. The largest absolute Gasteiger partial charge is 0.480 e. The number of carboxylic acid groups (broad SMARTS) is 1. The number of carboxylic acids is 1. The van der Waals surface area contributed by atoms with E-state index >= 15 is 0 Å². The zero-order chi connectivity index (χ0) is 28.3. The molecule has 0 unspecified atom stereocenters. The van der Waals surface area contributed by atoms with Crippen LogP contribution in [-0.2, 0) is 4.79 Å². The van der Waals surface area contributed by atoms with Gasteiger partial charge in [0.15, 0.2) is 6.04 Å². The average molecular weight is 547 g/mol. The molecular formula is C33H30N4O4. The molecule has 41 heavy (non-hydrogen) atoms. The number of para-hydroxylation sites is 4. The van der Waals surface area contributed by atoms with E-state index < -0.39 is 24.1 Å². The van der Waals surface area contributed by atoms with Crippen LogP contribution in [0.3, 0.4) is 0 Å². The van der Waals surface area contributed by atoms with Crippen molar-refractivity contribution in [3.63, 3.8) is 0 Å². The first-order valence-corrected chi connectivity index (χ1v) is 13.7. The van der Waals surface area contributed by atoms with Gasteiger partial charge in [-0.2, -0.15) is 0 Å². The third kappa shape index (κ3) is 4.89. The number of benzene rings is 4. The predicted octanol–water partition coefficient (Wildman–Crippen LogP) is 6.50. The fourth-order valence-corrected chi connectivity index (χ4v) is 6.03. The molecule has 4 aromatic rings. The van der Waals surface area contributed by atoms with Gasteiger partial charge in [-0.05, 0) is 61.4 Å². The summed E-state index contributed by atoms with van der Waals surface area (Å²) in [6.45, 7) is 0.117. The molecule has 8 nitrogen and oxygen atoms in total. The maximum absolute atomic E-state index is 14.3. The number of fused-ring (bicyclic) bond motifs is 2. The lowest BCUT2D eigenvalue weighted by Crippen LogP contribution is -2.67. The summed E-state index contributed by atoms with van der Waals surface area (Å²) in [4.78, 5) is 47.8. The van der Waals surface area contributed by atoms with Crippen molar-refractivity contribution in [2.24, 2.45) is 0 Å². The number of anilines is 4. The summed E-state index contributed by atoms with van der Waals surface area (Å²) in [5.74, 6) is -1.13. The summed E-state index contributed by atoms with van der Waals surface area (Å²) in [6.07, 6.45) is 1.10. The minimum Gasteiger partial charge on any atom is -0.480 e. The van der Waals surface area contributed by atoms with Crippen molar-refractivity contribution < 1.29 is 19.5 Å². The molecule has 4 aromatic carbocycles. The van der Waals surface area contributed by atoms with Crippen molar-refractivity contribution in [1.82, 2.24) is 9.80 Å². The van der Waals surface area contributed by atoms with E-state index in [1.807, 2.05) is 121 Å². The van der Waals surface area contributed by atoms with Crippen LogP contribution in [0.2, 0.25) is 0 Å². The summed E-state index contributed by atoms with van der Waals surface area (Å²) < 4.78 is 0. The van der Waals surface area contributed by atoms with Crippen molar-refractivity contribution in [2.45, 2.75) is 31.0 Å². The third-order valence-corrected chi connectivity index (χ3v) is 7.81. The van der Waals surface area contributed by atoms with Crippen molar-refractivity contribution in [3.05, 3.63) is 121 Å². The molecule has 2 fully saturated rings. The SMILES string of the molecule is O=C(O)[C@@H]1[C@@H]2CC[C@@H](CN1C(=O)N(c1ccccc1)c1ccccc1)N2C(=O)N(c1ccccc1)c1ccccc1. The number of aliphatic carboxylic acids is 1. The van der Waals surface area contributed by atoms with E-state index in [1.165, 1.54) is 4.90 Å². The Hall–Kier alpha value is -5.11. The van der Waals surface area contributed by atoms with E-state index in [-0.39, 0.29) is 18.6 Å². The molecule has 8 heteroatoms. The quantitative estimate of drug-likeness (QED) is 0.310. The lowest BCUT2D eigenvalue weighted by atomic mass is 10.0. The number of piperazine rings is 1. The monoisotopic (exact) mass is 546 g/mol. The Labute approximate surface area is 238 Å². The normalized spacial score (nSPS) is 19.5. The van der Waals surface area contributed by atoms with Gasteiger partial charge >= 0.3 is 18.0 Å². The van der Waals surface area contributed by atoms with Crippen molar-refractivity contribution >= 4 is 40.8 Å². The van der Waals surface area contributed by atoms with Crippen molar-refractivity contribution in [2.75, 3.05) is 16.3 Å². The number of carbonyl (C=O) groups excluding carboxylic acids is 2. The van der Waals surface area contributed by atoms with Crippen LogP contribution < -0.4 is 9.80 Å². The Morgan fingerprint density at radius 2 is 0.976 bits per heavy atom. The van der Waals surface area contributed by atoms with Crippen LogP contribution in [0.5, 0.6) is 0 Å². The fourth-order valence-electron chi connectivity index (χ4n) is 6.03. The zero-order valence-corrected chi connectivity index (χ0v) is 22.4. The minimum atomic E-state index is -1.20. The molecule has 0 spiro atoms. The lowest BCUT2D eigenvalue weighted by molar-refractivity contribution is -0.145. The Kier molecular flexibility index (Phi) is 7.12. The summed E-state index contributed by atoms with van der Waals surface area (Å²) in [5.41, 5.74) is 2.65. The molecule has 6 rings (SSSR count). The van der Waals surface area contributed by atoms with E-state index in [1.54, 1.807) is 14.7 Å². The highest BCUT2D eigenvalue weighted by molar-refractivity contribution is 6.03. The van der Waals surface area contributed by atoms with Gasteiger partial charge in [0, 0.05) is 6.54 Å². The summed E-state index contributed by atoms with van der Waals surface area (Å²) in [6, 6.07) is 34.2. The number of rotatable bonds is 5. The lowest BCUT2D eigenvalue weighted by Gasteiger charge is -2.47. The van der Waals surface area contributed by atoms with Gasteiger partial charge in [0.25, 0.3) is 0 Å². The van der Waals surface area contributed by atoms with E-state index in [0.717, 1.165) is 0 Å².